The van der Waals surface area contributed by atoms with E-state index in [2.05, 4.69) is 36.8 Å². The van der Waals surface area contributed by atoms with Crippen molar-refractivity contribution >= 4 is 37.8 Å². The Bertz CT molecular complexity index is 566. The second-order valence-corrected chi connectivity index (χ2v) is 5.26. The Balaban J connectivity index is 2.63. The molecule has 0 saturated heterocycles. The fourth-order valence-corrected chi connectivity index (χ4v) is 2.92. The molecule has 90 valence electrons. The Hall–Kier alpha value is -1.01. The summed E-state index contributed by atoms with van der Waals surface area (Å²) in [4.78, 5) is 4.17. The predicted octanol–water partition coefficient (Wildman–Crippen LogP) is 3.30. The summed E-state index contributed by atoms with van der Waals surface area (Å²) in [5.41, 5.74) is 7.61. The van der Waals surface area contributed by atoms with Crippen molar-refractivity contribution in [2.24, 2.45) is 0 Å². The lowest BCUT2D eigenvalue weighted by molar-refractivity contribution is 0.412. The summed E-state index contributed by atoms with van der Waals surface area (Å²) in [6.45, 7) is 1.90. The summed E-state index contributed by atoms with van der Waals surface area (Å²) in [5, 5.41) is 0. The second kappa shape index (κ2) is 4.70. The van der Waals surface area contributed by atoms with Gasteiger partial charge in [0.2, 0.25) is 5.95 Å². The average Bonchev–Trinajstić information content (AvgIpc) is 2.58. The molecule has 2 aromatic rings. The van der Waals surface area contributed by atoms with Gasteiger partial charge in [-0.15, -0.1) is 0 Å². The van der Waals surface area contributed by atoms with Crippen LogP contribution in [0.3, 0.4) is 0 Å². The molecule has 2 rings (SSSR count). The van der Waals surface area contributed by atoms with Gasteiger partial charge in [0, 0.05) is 16.7 Å². The van der Waals surface area contributed by atoms with Gasteiger partial charge in [-0.3, -0.25) is 4.57 Å². The van der Waals surface area contributed by atoms with E-state index in [1.54, 1.807) is 7.11 Å². The first kappa shape index (κ1) is 12.4. The van der Waals surface area contributed by atoms with Crippen LogP contribution in [-0.2, 0) is 0 Å². The highest BCUT2D eigenvalue weighted by molar-refractivity contribution is 9.11. The lowest BCUT2D eigenvalue weighted by Gasteiger charge is -2.11. The molecular formula is C11H11Br2N3O. The third kappa shape index (κ3) is 2.32. The number of methoxy groups -OCH3 is 1. The van der Waals surface area contributed by atoms with Gasteiger partial charge in [0.1, 0.15) is 5.75 Å². The monoisotopic (exact) mass is 359 g/mol. The molecule has 0 bridgehead atoms. The number of nitrogens with zero attached hydrogens (tertiary/aromatic N) is 2. The molecular weight excluding hydrogens is 350 g/mol. The zero-order valence-electron chi connectivity index (χ0n) is 9.37. The molecule has 0 radical (unpaired) electrons. The molecule has 6 heteroatoms. The first-order chi connectivity index (χ1) is 8.02. The van der Waals surface area contributed by atoms with E-state index in [-0.39, 0.29) is 0 Å². The Kier molecular flexibility index (Phi) is 3.44. The first-order valence-corrected chi connectivity index (χ1v) is 6.46. The molecule has 0 fully saturated rings. The first-order valence-electron chi connectivity index (χ1n) is 4.88. The van der Waals surface area contributed by atoms with Crippen molar-refractivity contribution in [3.05, 3.63) is 33.0 Å². The van der Waals surface area contributed by atoms with Crippen LogP contribution in [0.4, 0.5) is 5.95 Å². The Morgan fingerprint density at radius 2 is 2.00 bits per heavy atom. The van der Waals surface area contributed by atoms with E-state index in [1.165, 1.54) is 0 Å². The molecule has 1 aromatic heterocycles. The molecule has 2 N–H and O–H groups in total. The molecule has 1 aromatic carbocycles. The lowest BCUT2D eigenvalue weighted by atomic mass is 10.3. The molecule has 0 saturated carbocycles. The summed E-state index contributed by atoms with van der Waals surface area (Å²) in [6.07, 6.45) is 1.88. The van der Waals surface area contributed by atoms with Gasteiger partial charge in [-0.05, 0) is 44.8 Å². The number of nitrogens with two attached hydrogens (primary N) is 1. The maximum atomic E-state index is 5.85. The third-order valence-electron chi connectivity index (χ3n) is 2.33. The molecule has 0 spiro atoms. The van der Waals surface area contributed by atoms with Crippen LogP contribution in [0, 0.1) is 6.92 Å². The molecule has 0 amide bonds. The number of aromatic nitrogens is 2. The number of aryl methyl sites for hydroxylation is 1. The number of hydrogen-bond acceptors (Lipinski definition) is 3. The SMILES string of the molecule is COc1cc(-n2cc(C)nc2N)c(Br)cc1Br. The smallest absolute Gasteiger partial charge is 0.205 e. The van der Waals surface area contributed by atoms with Crippen molar-refractivity contribution < 1.29 is 4.74 Å². The minimum absolute atomic E-state index is 0.451. The number of anilines is 1. The topological polar surface area (TPSA) is 53.1 Å². The molecule has 0 unspecified atom stereocenters. The van der Waals surface area contributed by atoms with Gasteiger partial charge in [-0.25, -0.2) is 4.98 Å². The minimum atomic E-state index is 0.451. The summed E-state index contributed by atoms with van der Waals surface area (Å²) in [5.74, 6) is 1.20. The molecule has 0 aliphatic rings. The van der Waals surface area contributed by atoms with Crippen LogP contribution >= 0.6 is 31.9 Å². The van der Waals surface area contributed by atoms with Crippen LogP contribution in [0.1, 0.15) is 5.69 Å². The van der Waals surface area contributed by atoms with E-state index < -0.39 is 0 Å². The summed E-state index contributed by atoms with van der Waals surface area (Å²) < 4.78 is 8.87. The number of hydrogen-bond donors (Lipinski definition) is 1. The maximum absolute atomic E-state index is 5.85. The number of halogens is 2. The number of nitrogen functional groups attached to an aromatic ring is 1. The lowest BCUT2D eigenvalue weighted by Crippen LogP contribution is -2.01. The van der Waals surface area contributed by atoms with Gasteiger partial charge in [0.15, 0.2) is 0 Å². The van der Waals surface area contributed by atoms with Crippen molar-refractivity contribution in [2.75, 3.05) is 12.8 Å². The standard InChI is InChI=1S/C11H11Br2N3O/c1-6-5-16(11(14)15-6)9-4-10(17-2)8(13)3-7(9)12/h3-5H,1-2H3,(H2,14,15). The quantitative estimate of drug-likeness (QED) is 0.893. The second-order valence-electron chi connectivity index (χ2n) is 3.55. The average molecular weight is 361 g/mol. The number of rotatable bonds is 2. The van der Waals surface area contributed by atoms with E-state index >= 15 is 0 Å². The van der Waals surface area contributed by atoms with Crippen LogP contribution in [0.2, 0.25) is 0 Å². The number of benzene rings is 1. The maximum Gasteiger partial charge on any atom is 0.205 e. The Labute approximate surface area is 116 Å². The van der Waals surface area contributed by atoms with E-state index in [0.717, 1.165) is 26.1 Å². The van der Waals surface area contributed by atoms with E-state index in [4.69, 9.17) is 10.5 Å². The van der Waals surface area contributed by atoms with Gasteiger partial charge in [-0.2, -0.15) is 0 Å². The summed E-state index contributed by atoms with van der Waals surface area (Å²) in [7, 11) is 1.63. The molecule has 1 heterocycles. The fraction of sp³-hybridized carbons (Fsp3) is 0.182. The summed E-state index contributed by atoms with van der Waals surface area (Å²) in [6, 6.07) is 3.81. The fourth-order valence-electron chi connectivity index (χ4n) is 1.57. The molecule has 4 nitrogen and oxygen atoms in total. The van der Waals surface area contributed by atoms with Gasteiger partial charge in [0.25, 0.3) is 0 Å². The van der Waals surface area contributed by atoms with Gasteiger partial charge >= 0.3 is 0 Å². The molecule has 17 heavy (non-hydrogen) atoms. The van der Waals surface area contributed by atoms with Crippen molar-refractivity contribution in [3.8, 4) is 11.4 Å². The van der Waals surface area contributed by atoms with Crippen LogP contribution in [-0.4, -0.2) is 16.7 Å². The van der Waals surface area contributed by atoms with Crippen LogP contribution < -0.4 is 10.5 Å². The van der Waals surface area contributed by atoms with Gasteiger partial charge in [0.05, 0.1) is 23.0 Å². The minimum Gasteiger partial charge on any atom is -0.495 e. The van der Waals surface area contributed by atoms with E-state index in [0.29, 0.717) is 5.95 Å². The largest absolute Gasteiger partial charge is 0.495 e. The highest BCUT2D eigenvalue weighted by Gasteiger charge is 2.11. The normalized spacial score (nSPS) is 10.6. The molecule has 0 atom stereocenters. The van der Waals surface area contributed by atoms with Crippen molar-refractivity contribution in [3.63, 3.8) is 0 Å². The summed E-state index contributed by atoms with van der Waals surface area (Å²) >= 11 is 6.93. The highest BCUT2D eigenvalue weighted by Crippen LogP contribution is 2.34. The van der Waals surface area contributed by atoms with Crippen LogP contribution in [0.25, 0.3) is 5.69 Å². The Morgan fingerprint density at radius 1 is 1.29 bits per heavy atom. The molecule has 0 aliphatic carbocycles. The zero-order valence-corrected chi connectivity index (χ0v) is 12.5. The van der Waals surface area contributed by atoms with Crippen molar-refractivity contribution in [1.82, 2.24) is 9.55 Å². The van der Waals surface area contributed by atoms with Crippen LogP contribution in [0.15, 0.2) is 27.3 Å². The number of ether oxygens (including phenoxy) is 1. The molecule has 0 aliphatic heterocycles. The Morgan fingerprint density at radius 3 is 2.53 bits per heavy atom. The predicted molar refractivity (Wildman–Crippen MR) is 74.7 cm³/mol. The highest BCUT2D eigenvalue weighted by atomic mass is 79.9. The van der Waals surface area contributed by atoms with E-state index in [1.807, 2.05) is 29.8 Å². The van der Waals surface area contributed by atoms with Crippen LogP contribution in [0.5, 0.6) is 5.75 Å². The zero-order chi connectivity index (χ0) is 12.6. The number of imidazole rings is 1. The van der Waals surface area contributed by atoms with Gasteiger partial charge in [-0.1, -0.05) is 0 Å². The van der Waals surface area contributed by atoms with Crippen molar-refractivity contribution in [2.45, 2.75) is 6.92 Å². The van der Waals surface area contributed by atoms with Gasteiger partial charge < -0.3 is 10.5 Å². The third-order valence-corrected chi connectivity index (χ3v) is 3.59. The van der Waals surface area contributed by atoms with Crippen molar-refractivity contribution in [1.29, 1.82) is 0 Å². The van der Waals surface area contributed by atoms with E-state index in [9.17, 15) is 0 Å².